The van der Waals surface area contributed by atoms with Crippen LogP contribution in [-0.2, 0) is 14.3 Å². The Labute approximate surface area is 154 Å². The molecule has 0 aromatic rings. The van der Waals surface area contributed by atoms with Crippen LogP contribution in [0, 0.1) is 28.6 Å². The van der Waals surface area contributed by atoms with Crippen molar-refractivity contribution in [2.24, 2.45) is 28.6 Å². The molecule has 0 bridgehead atoms. The molecule has 0 amide bonds. The Kier molecular flexibility index (Phi) is 4.08. The largest absolute Gasteiger partial charge is 0.462 e. The van der Waals surface area contributed by atoms with Gasteiger partial charge in [-0.3, -0.25) is 9.59 Å². The first-order valence-electron chi connectivity index (χ1n) is 10.2. The number of aliphatic hydroxyl groups is 1. The highest BCUT2D eigenvalue weighted by Gasteiger charge is 2.68. The molecule has 4 rings (SSSR count). The van der Waals surface area contributed by atoms with Crippen molar-refractivity contribution in [2.75, 3.05) is 0 Å². The van der Waals surface area contributed by atoms with Crippen LogP contribution in [0.15, 0.2) is 0 Å². The van der Waals surface area contributed by atoms with Crippen molar-refractivity contribution in [1.82, 2.24) is 0 Å². The van der Waals surface area contributed by atoms with E-state index >= 15 is 0 Å². The third-order valence-electron chi connectivity index (χ3n) is 8.80. The van der Waals surface area contributed by atoms with Crippen molar-refractivity contribution in [1.29, 1.82) is 0 Å². The highest BCUT2D eigenvalue weighted by atomic mass is 19.1. The van der Waals surface area contributed by atoms with E-state index in [4.69, 9.17) is 4.74 Å². The summed E-state index contributed by atoms with van der Waals surface area (Å²) in [4.78, 5) is 24.5. The molecule has 0 spiro atoms. The molecule has 8 atom stereocenters. The monoisotopic (exact) mass is 366 g/mol. The molecule has 26 heavy (non-hydrogen) atoms. The maximum Gasteiger partial charge on any atom is 0.302 e. The van der Waals surface area contributed by atoms with Gasteiger partial charge in [-0.1, -0.05) is 13.8 Å². The standard InChI is InChI=1S/C21H31FO4/c1-12(23)26-18-5-4-15-14-10-17(24)21(25)11-13(22)6-9-20(21,3)16(14)7-8-19(15,18)2/h13-16,18,25H,4-11H2,1-3H3/t13?,14-,15-,16-,18?,19-,20+,21?/m0/s1. The number of fused-ring (bicyclic) bond motifs is 5. The number of ketones is 1. The summed E-state index contributed by atoms with van der Waals surface area (Å²) >= 11 is 0. The lowest BCUT2D eigenvalue weighted by Gasteiger charge is -2.62. The SMILES string of the molecule is CC(=O)OC1CC[C@H]2[C@@H]3CC(=O)C4(O)CC(F)CC[C@]4(C)[C@H]3CC[C@]12C. The zero-order valence-electron chi connectivity index (χ0n) is 16.1. The Bertz CT molecular complexity index is 636. The van der Waals surface area contributed by atoms with Crippen LogP contribution in [0.4, 0.5) is 4.39 Å². The van der Waals surface area contributed by atoms with Gasteiger partial charge in [0.15, 0.2) is 5.78 Å². The predicted molar refractivity (Wildman–Crippen MR) is 94.0 cm³/mol. The van der Waals surface area contributed by atoms with E-state index in [1.807, 2.05) is 6.92 Å². The summed E-state index contributed by atoms with van der Waals surface area (Å²) in [5.41, 5.74) is -2.12. The van der Waals surface area contributed by atoms with Crippen molar-refractivity contribution in [3.63, 3.8) is 0 Å². The fraction of sp³-hybridized carbons (Fsp3) is 0.905. The number of esters is 1. The second-order valence-corrected chi connectivity index (χ2v) is 9.84. The molecular formula is C21H31FO4. The van der Waals surface area contributed by atoms with Gasteiger partial charge in [-0.2, -0.15) is 0 Å². The predicted octanol–water partition coefficient (Wildman–Crippen LogP) is 3.59. The number of halogens is 1. The summed E-state index contributed by atoms with van der Waals surface area (Å²) in [5, 5.41) is 11.2. The van der Waals surface area contributed by atoms with E-state index in [2.05, 4.69) is 6.92 Å². The highest BCUT2D eigenvalue weighted by molar-refractivity contribution is 5.89. The van der Waals surface area contributed by atoms with E-state index in [0.717, 1.165) is 25.7 Å². The number of Topliss-reactive ketones (excluding diaryl/α,β-unsaturated/α-hetero) is 1. The minimum Gasteiger partial charge on any atom is -0.462 e. The van der Waals surface area contributed by atoms with Gasteiger partial charge in [0.1, 0.15) is 17.9 Å². The zero-order chi connectivity index (χ0) is 18.9. The first-order valence-corrected chi connectivity index (χ1v) is 10.2. The topological polar surface area (TPSA) is 63.6 Å². The maximum atomic E-state index is 14.1. The summed E-state index contributed by atoms with van der Waals surface area (Å²) in [7, 11) is 0. The van der Waals surface area contributed by atoms with E-state index in [0.29, 0.717) is 25.2 Å². The van der Waals surface area contributed by atoms with Crippen molar-refractivity contribution in [3.05, 3.63) is 0 Å². The summed E-state index contributed by atoms with van der Waals surface area (Å²) in [6.07, 6.45) is 3.84. The van der Waals surface area contributed by atoms with Crippen molar-refractivity contribution in [3.8, 4) is 0 Å². The van der Waals surface area contributed by atoms with Gasteiger partial charge in [-0.05, 0) is 56.3 Å². The molecule has 4 aliphatic rings. The Morgan fingerprint density at radius 2 is 1.88 bits per heavy atom. The minimum atomic E-state index is -1.51. The number of alkyl halides is 1. The molecule has 4 saturated carbocycles. The number of carbonyl (C=O) groups is 2. The smallest absolute Gasteiger partial charge is 0.302 e. The fourth-order valence-corrected chi connectivity index (χ4v) is 7.34. The van der Waals surface area contributed by atoms with Crippen LogP contribution in [0.1, 0.15) is 72.1 Å². The number of hydrogen-bond acceptors (Lipinski definition) is 4. The van der Waals surface area contributed by atoms with Crippen LogP contribution in [0.2, 0.25) is 0 Å². The fourth-order valence-electron chi connectivity index (χ4n) is 7.34. The lowest BCUT2D eigenvalue weighted by molar-refractivity contribution is -0.211. The van der Waals surface area contributed by atoms with Crippen LogP contribution in [0.25, 0.3) is 0 Å². The number of rotatable bonds is 1. The van der Waals surface area contributed by atoms with Crippen molar-refractivity contribution < 1.29 is 23.8 Å². The number of ether oxygens (including phenoxy) is 1. The van der Waals surface area contributed by atoms with E-state index in [9.17, 15) is 19.1 Å². The number of hydrogen-bond donors (Lipinski definition) is 1. The molecule has 0 radical (unpaired) electrons. The average molecular weight is 366 g/mol. The van der Waals surface area contributed by atoms with Crippen molar-refractivity contribution >= 4 is 11.8 Å². The quantitative estimate of drug-likeness (QED) is 0.720. The van der Waals surface area contributed by atoms with Crippen LogP contribution in [0.3, 0.4) is 0 Å². The van der Waals surface area contributed by atoms with Gasteiger partial charge in [0.25, 0.3) is 0 Å². The summed E-state index contributed by atoms with van der Waals surface area (Å²) < 4.78 is 19.7. The molecule has 0 aromatic heterocycles. The molecular weight excluding hydrogens is 335 g/mol. The molecule has 1 N–H and O–H groups in total. The summed E-state index contributed by atoms with van der Waals surface area (Å²) in [6, 6.07) is 0. The Hall–Kier alpha value is -0.970. The Balaban J connectivity index is 1.66. The van der Waals surface area contributed by atoms with Gasteiger partial charge >= 0.3 is 5.97 Å². The third-order valence-corrected chi connectivity index (χ3v) is 8.80. The molecule has 4 fully saturated rings. The first-order chi connectivity index (χ1) is 12.1. The molecule has 3 unspecified atom stereocenters. The lowest BCUT2D eigenvalue weighted by atomic mass is 9.43. The van der Waals surface area contributed by atoms with Gasteiger partial charge in [0.2, 0.25) is 0 Å². The van der Waals surface area contributed by atoms with E-state index in [1.165, 1.54) is 6.92 Å². The molecule has 4 aliphatic carbocycles. The van der Waals surface area contributed by atoms with Crippen LogP contribution >= 0.6 is 0 Å². The average Bonchev–Trinajstić information content (AvgIpc) is 2.87. The molecule has 0 heterocycles. The normalized spacial score (nSPS) is 53.4. The van der Waals surface area contributed by atoms with E-state index < -0.39 is 17.2 Å². The lowest BCUT2D eigenvalue weighted by Crippen LogP contribution is -2.67. The second kappa shape index (κ2) is 5.76. The van der Waals surface area contributed by atoms with E-state index in [1.54, 1.807) is 0 Å². The van der Waals surface area contributed by atoms with Crippen LogP contribution in [0.5, 0.6) is 0 Å². The van der Waals surface area contributed by atoms with Crippen molar-refractivity contribution in [2.45, 2.75) is 90.0 Å². The molecule has 5 heteroatoms. The molecule has 0 aliphatic heterocycles. The second-order valence-electron chi connectivity index (χ2n) is 9.84. The molecule has 146 valence electrons. The first kappa shape index (κ1) is 18.4. The number of carbonyl (C=O) groups excluding carboxylic acids is 2. The summed E-state index contributed by atoms with van der Waals surface area (Å²) in [5.74, 6) is 0.388. The maximum absolute atomic E-state index is 14.1. The van der Waals surface area contributed by atoms with Gasteiger partial charge in [0, 0.05) is 30.6 Å². The molecule has 0 saturated heterocycles. The Morgan fingerprint density at radius 3 is 2.58 bits per heavy atom. The highest BCUT2D eigenvalue weighted by Crippen LogP contribution is 2.66. The third kappa shape index (κ3) is 2.28. The van der Waals surface area contributed by atoms with Gasteiger partial charge in [-0.15, -0.1) is 0 Å². The van der Waals surface area contributed by atoms with E-state index in [-0.39, 0.29) is 41.5 Å². The minimum absolute atomic E-state index is 0.0381. The van der Waals surface area contributed by atoms with Gasteiger partial charge in [-0.25, -0.2) is 4.39 Å². The summed E-state index contributed by atoms with van der Waals surface area (Å²) in [6.45, 7) is 5.69. The van der Waals surface area contributed by atoms with Gasteiger partial charge < -0.3 is 9.84 Å². The van der Waals surface area contributed by atoms with Gasteiger partial charge in [0.05, 0.1) is 0 Å². The molecule has 4 nitrogen and oxygen atoms in total. The van der Waals surface area contributed by atoms with Crippen LogP contribution < -0.4 is 0 Å². The molecule has 0 aromatic carbocycles. The van der Waals surface area contributed by atoms with Crippen LogP contribution in [-0.4, -0.2) is 34.7 Å². The zero-order valence-corrected chi connectivity index (χ0v) is 16.1. The Morgan fingerprint density at radius 1 is 1.15 bits per heavy atom.